The second kappa shape index (κ2) is 3.97. The quantitative estimate of drug-likeness (QED) is 0.789. The summed E-state index contributed by atoms with van der Waals surface area (Å²) in [5, 5.41) is 3.70. The number of hydrogen-bond acceptors (Lipinski definition) is 1. The Morgan fingerprint density at radius 3 is 2.27 bits per heavy atom. The fraction of sp³-hybridized carbons (Fsp3) is 0.571. The molecule has 0 amide bonds. The Bertz CT molecular complexity index is 313. The van der Waals surface area contributed by atoms with Crippen molar-refractivity contribution < 1.29 is 0 Å². The summed E-state index contributed by atoms with van der Waals surface area (Å²) in [6.07, 6.45) is 2.76. The molecule has 0 spiro atoms. The van der Waals surface area contributed by atoms with E-state index >= 15 is 0 Å². The molecule has 0 heterocycles. The van der Waals surface area contributed by atoms with E-state index in [1.54, 1.807) is 0 Å². The van der Waals surface area contributed by atoms with Crippen molar-refractivity contribution >= 4 is 0 Å². The van der Waals surface area contributed by atoms with Crippen LogP contribution in [0.15, 0.2) is 30.3 Å². The molecule has 0 radical (unpaired) electrons. The Balaban J connectivity index is 1.95. The summed E-state index contributed by atoms with van der Waals surface area (Å²) in [6, 6.07) is 11.8. The van der Waals surface area contributed by atoms with Gasteiger partial charge in [-0.25, -0.2) is 0 Å². The van der Waals surface area contributed by atoms with Crippen molar-refractivity contribution in [1.82, 2.24) is 5.32 Å². The Hall–Kier alpha value is -0.820. The summed E-state index contributed by atoms with van der Waals surface area (Å²) < 4.78 is 0. The smallest absolute Gasteiger partial charge is 0.0294 e. The Morgan fingerprint density at radius 1 is 1.13 bits per heavy atom. The van der Waals surface area contributed by atoms with Crippen LogP contribution in [0.25, 0.3) is 0 Å². The summed E-state index contributed by atoms with van der Waals surface area (Å²) >= 11 is 0. The average molecular weight is 203 g/mol. The summed E-state index contributed by atoms with van der Waals surface area (Å²) in [4.78, 5) is 0. The van der Waals surface area contributed by atoms with Crippen LogP contribution in [0.1, 0.15) is 45.2 Å². The highest BCUT2D eigenvalue weighted by Gasteiger charge is 2.42. The molecule has 1 aliphatic rings. The van der Waals surface area contributed by atoms with Gasteiger partial charge in [0.05, 0.1) is 0 Å². The predicted octanol–water partition coefficient (Wildman–Crippen LogP) is 3.53. The number of nitrogens with one attached hydrogen (secondary N) is 1. The highest BCUT2D eigenvalue weighted by Crippen LogP contribution is 2.48. The van der Waals surface area contributed by atoms with Crippen molar-refractivity contribution in [1.29, 1.82) is 0 Å². The molecule has 0 aliphatic heterocycles. The first-order chi connectivity index (χ1) is 7.12. The lowest BCUT2D eigenvalue weighted by molar-refractivity contribution is 0.350. The van der Waals surface area contributed by atoms with E-state index in [9.17, 15) is 0 Å². The fourth-order valence-corrected chi connectivity index (χ4v) is 2.04. The summed E-state index contributed by atoms with van der Waals surface area (Å²) in [5.41, 5.74) is 1.94. The molecule has 82 valence electrons. The zero-order valence-corrected chi connectivity index (χ0v) is 9.96. The molecular weight excluding hydrogens is 182 g/mol. The van der Waals surface area contributed by atoms with Gasteiger partial charge in [-0.2, -0.15) is 0 Å². The fourth-order valence-electron chi connectivity index (χ4n) is 2.04. The Morgan fingerprint density at radius 2 is 1.73 bits per heavy atom. The van der Waals surface area contributed by atoms with Crippen LogP contribution in [0.2, 0.25) is 0 Å². The third-order valence-corrected chi connectivity index (χ3v) is 3.88. The average Bonchev–Trinajstić information content (AvgIpc) is 2.99. The molecule has 0 saturated heterocycles. The van der Waals surface area contributed by atoms with Gasteiger partial charge in [0, 0.05) is 12.1 Å². The van der Waals surface area contributed by atoms with E-state index in [4.69, 9.17) is 0 Å². The van der Waals surface area contributed by atoms with Gasteiger partial charge in [-0.3, -0.25) is 0 Å². The van der Waals surface area contributed by atoms with E-state index < -0.39 is 0 Å². The number of hydrogen-bond donors (Lipinski definition) is 1. The van der Waals surface area contributed by atoms with Crippen LogP contribution in [0.5, 0.6) is 0 Å². The monoisotopic (exact) mass is 203 g/mol. The minimum absolute atomic E-state index is 0.457. The highest BCUT2D eigenvalue weighted by molar-refractivity contribution is 5.18. The van der Waals surface area contributed by atoms with Crippen LogP contribution >= 0.6 is 0 Å². The molecule has 1 fully saturated rings. The maximum atomic E-state index is 3.70. The van der Waals surface area contributed by atoms with Crippen LogP contribution in [-0.4, -0.2) is 6.04 Å². The minimum atomic E-state index is 0.457. The molecule has 2 rings (SSSR count). The van der Waals surface area contributed by atoms with Crippen LogP contribution < -0.4 is 5.32 Å². The van der Waals surface area contributed by atoms with Gasteiger partial charge in [-0.15, -0.1) is 0 Å². The van der Waals surface area contributed by atoms with Crippen molar-refractivity contribution in [2.75, 3.05) is 0 Å². The van der Waals surface area contributed by atoms with Crippen molar-refractivity contribution in [3.63, 3.8) is 0 Å². The van der Waals surface area contributed by atoms with Crippen LogP contribution in [-0.2, 0) is 0 Å². The standard InChI is InChI=1S/C14H21N/c1-11(13-7-5-4-6-8-13)15-12(2)14(3)9-10-14/h4-8,11-12,15H,9-10H2,1-3H3/t11-,12?/m0/s1. The first-order valence-corrected chi connectivity index (χ1v) is 5.93. The summed E-state index contributed by atoms with van der Waals surface area (Å²) in [6.45, 7) is 6.94. The lowest BCUT2D eigenvalue weighted by Gasteiger charge is -2.25. The molecule has 0 bridgehead atoms. The first kappa shape index (κ1) is 10.7. The van der Waals surface area contributed by atoms with Gasteiger partial charge in [-0.1, -0.05) is 37.3 Å². The van der Waals surface area contributed by atoms with E-state index in [0.29, 0.717) is 17.5 Å². The molecule has 1 aliphatic carbocycles. The van der Waals surface area contributed by atoms with E-state index in [1.807, 2.05) is 0 Å². The van der Waals surface area contributed by atoms with Crippen molar-refractivity contribution in [3.8, 4) is 0 Å². The highest BCUT2D eigenvalue weighted by atomic mass is 15.0. The molecular formula is C14H21N. The minimum Gasteiger partial charge on any atom is -0.307 e. The number of benzene rings is 1. The summed E-state index contributed by atoms with van der Waals surface area (Å²) in [5.74, 6) is 0. The van der Waals surface area contributed by atoms with Crippen LogP contribution in [0, 0.1) is 5.41 Å². The number of rotatable bonds is 4. The molecule has 1 aromatic carbocycles. The largest absolute Gasteiger partial charge is 0.307 e. The molecule has 1 heteroatoms. The van der Waals surface area contributed by atoms with E-state index in [1.165, 1.54) is 18.4 Å². The van der Waals surface area contributed by atoms with E-state index in [0.717, 1.165) is 0 Å². The van der Waals surface area contributed by atoms with Gasteiger partial charge in [0.2, 0.25) is 0 Å². The lowest BCUT2D eigenvalue weighted by Crippen LogP contribution is -2.35. The zero-order valence-electron chi connectivity index (χ0n) is 9.96. The molecule has 15 heavy (non-hydrogen) atoms. The second-order valence-corrected chi connectivity index (χ2v) is 5.17. The van der Waals surface area contributed by atoms with Crippen LogP contribution in [0.3, 0.4) is 0 Å². The van der Waals surface area contributed by atoms with Gasteiger partial charge in [0.25, 0.3) is 0 Å². The van der Waals surface area contributed by atoms with Gasteiger partial charge >= 0.3 is 0 Å². The van der Waals surface area contributed by atoms with Gasteiger partial charge in [-0.05, 0) is 37.7 Å². The molecule has 1 saturated carbocycles. The first-order valence-electron chi connectivity index (χ1n) is 5.93. The zero-order chi connectivity index (χ0) is 10.9. The normalized spacial score (nSPS) is 22.1. The van der Waals surface area contributed by atoms with Crippen molar-refractivity contribution in [2.24, 2.45) is 5.41 Å². The topological polar surface area (TPSA) is 12.0 Å². The summed E-state index contributed by atoms with van der Waals surface area (Å²) in [7, 11) is 0. The van der Waals surface area contributed by atoms with E-state index in [2.05, 4.69) is 56.4 Å². The van der Waals surface area contributed by atoms with Crippen LogP contribution in [0.4, 0.5) is 0 Å². The molecule has 1 N–H and O–H groups in total. The molecule has 1 aromatic rings. The Kier molecular flexibility index (Phi) is 2.83. The van der Waals surface area contributed by atoms with Gasteiger partial charge in [0.15, 0.2) is 0 Å². The molecule has 2 atom stereocenters. The predicted molar refractivity (Wildman–Crippen MR) is 64.8 cm³/mol. The van der Waals surface area contributed by atoms with Gasteiger partial charge in [0.1, 0.15) is 0 Å². The maximum absolute atomic E-state index is 3.70. The molecule has 0 aromatic heterocycles. The van der Waals surface area contributed by atoms with Gasteiger partial charge < -0.3 is 5.32 Å². The van der Waals surface area contributed by atoms with Crippen molar-refractivity contribution in [3.05, 3.63) is 35.9 Å². The third-order valence-electron chi connectivity index (χ3n) is 3.88. The third kappa shape index (κ3) is 2.40. The SMILES string of the molecule is CC(N[C@@H](C)c1ccccc1)C1(C)CC1. The maximum Gasteiger partial charge on any atom is 0.0294 e. The van der Waals surface area contributed by atoms with Crippen molar-refractivity contribution in [2.45, 2.75) is 45.7 Å². The lowest BCUT2D eigenvalue weighted by atomic mass is 9.98. The van der Waals surface area contributed by atoms with E-state index in [-0.39, 0.29) is 0 Å². The Labute approximate surface area is 92.9 Å². The second-order valence-electron chi connectivity index (χ2n) is 5.17. The molecule has 1 unspecified atom stereocenters. The molecule has 1 nitrogen and oxygen atoms in total.